The highest BCUT2D eigenvalue weighted by molar-refractivity contribution is 6.18. The number of rotatable bonds is 1. The zero-order valence-corrected chi connectivity index (χ0v) is 5.46. The average molecular weight is 138 g/mol. The molecule has 2 atom stereocenters. The Labute approximate surface area is 57.3 Å². The van der Waals surface area contributed by atoms with Crippen LogP contribution in [0.5, 0.6) is 0 Å². The first-order valence-corrected chi connectivity index (χ1v) is 3.38. The van der Waals surface area contributed by atoms with Gasteiger partial charge < -0.3 is 4.74 Å². The van der Waals surface area contributed by atoms with Crippen molar-refractivity contribution >= 4 is 11.8 Å². The lowest BCUT2D eigenvalue weighted by molar-refractivity contribution is -0.155. The summed E-state index contributed by atoms with van der Waals surface area (Å²) >= 11 is 0. The summed E-state index contributed by atoms with van der Waals surface area (Å²) in [5, 5.41) is 0. The summed E-state index contributed by atoms with van der Waals surface area (Å²) in [7, 11) is 1.38. The zero-order valence-electron chi connectivity index (χ0n) is 5.46. The van der Waals surface area contributed by atoms with Gasteiger partial charge in [-0.25, -0.2) is 0 Å². The Bertz CT molecular complexity index is 254. The van der Waals surface area contributed by atoms with Gasteiger partial charge in [-0.05, 0) is 5.92 Å². The minimum absolute atomic E-state index is 0.0879. The normalized spacial score (nSPS) is 58.5. The Morgan fingerprint density at radius 2 is 2.20 bits per heavy atom. The molecule has 4 aliphatic carbocycles. The van der Waals surface area contributed by atoms with E-state index in [1.165, 1.54) is 7.11 Å². The maximum absolute atomic E-state index is 10.9. The molecule has 3 nitrogen and oxygen atoms in total. The van der Waals surface area contributed by atoms with Crippen molar-refractivity contribution in [3.05, 3.63) is 0 Å². The van der Waals surface area contributed by atoms with Crippen LogP contribution in [-0.4, -0.2) is 18.9 Å². The first-order valence-electron chi connectivity index (χ1n) is 3.38. The predicted octanol–water partition coefficient (Wildman–Crippen LogP) is -0.396. The summed E-state index contributed by atoms with van der Waals surface area (Å²) in [6.45, 7) is 0. The van der Waals surface area contributed by atoms with Crippen molar-refractivity contribution in [2.45, 2.75) is 0 Å². The van der Waals surface area contributed by atoms with Gasteiger partial charge in [-0.1, -0.05) is 0 Å². The molecule has 0 aromatic rings. The number of carbonyl (C=O) groups is 2. The molecule has 2 bridgehead atoms. The van der Waals surface area contributed by atoms with E-state index in [2.05, 4.69) is 4.74 Å². The topological polar surface area (TPSA) is 43.4 Å². The molecule has 0 aromatic heterocycles. The van der Waals surface area contributed by atoms with Gasteiger partial charge in [0.1, 0.15) is 5.78 Å². The molecular formula is C7H6O3. The standard InChI is InChI=1S/C7H6O3/c1-10-6(9)7-2-3(7)5(8)4(2)7/h2-4H,1H3. The van der Waals surface area contributed by atoms with Crippen LogP contribution in [0.1, 0.15) is 0 Å². The lowest BCUT2D eigenvalue weighted by Gasteiger charge is -2.26. The predicted molar refractivity (Wildman–Crippen MR) is 29.9 cm³/mol. The number of hydrogen-bond acceptors (Lipinski definition) is 3. The van der Waals surface area contributed by atoms with Crippen molar-refractivity contribution in [2.24, 2.45) is 23.2 Å². The van der Waals surface area contributed by atoms with Crippen molar-refractivity contribution in [1.29, 1.82) is 0 Å². The fraction of sp³-hybridized carbons (Fsp3) is 0.714. The summed E-state index contributed by atoms with van der Waals surface area (Å²) in [5.41, 5.74) is -0.258. The van der Waals surface area contributed by atoms with Gasteiger partial charge in [-0.3, -0.25) is 9.59 Å². The molecule has 0 aliphatic heterocycles. The van der Waals surface area contributed by atoms with E-state index in [4.69, 9.17) is 0 Å². The van der Waals surface area contributed by atoms with Gasteiger partial charge >= 0.3 is 5.97 Å². The van der Waals surface area contributed by atoms with Gasteiger partial charge in [0.15, 0.2) is 0 Å². The number of ketones is 1. The molecule has 0 saturated heterocycles. The molecule has 10 heavy (non-hydrogen) atoms. The largest absolute Gasteiger partial charge is 0.469 e. The van der Waals surface area contributed by atoms with Crippen LogP contribution in [0.2, 0.25) is 0 Å². The second-order valence-corrected chi connectivity index (χ2v) is 3.31. The SMILES string of the molecule is COC(=O)C12C3C(=O)C1C32. The van der Waals surface area contributed by atoms with Gasteiger partial charge in [0.05, 0.1) is 12.5 Å². The van der Waals surface area contributed by atoms with Crippen LogP contribution in [-0.2, 0) is 14.3 Å². The highest BCUT2D eigenvalue weighted by Crippen LogP contribution is 2.95. The first-order chi connectivity index (χ1) is 4.76. The molecule has 4 rings (SSSR count). The molecule has 4 saturated carbocycles. The Kier molecular flexibility index (Phi) is 0.453. The van der Waals surface area contributed by atoms with Crippen LogP contribution in [0.3, 0.4) is 0 Å². The van der Waals surface area contributed by atoms with E-state index >= 15 is 0 Å². The Balaban J connectivity index is 1.90. The zero-order chi connectivity index (χ0) is 7.09. The molecule has 2 unspecified atom stereocenters. The van der Waals surface area contributed by atoms with E-state index in [0.29, 0.717) is 5.92 Å². The van der Waals surface area contributed by atoms with Crippen molar-refractivity contribution in [1.82, 2.24) is 0 Å². The lowest BCUT2D eigenvalue weighted by Crippen LogP contribution is -2.41. The number of ether oxygens (including phenoxy) is 1. The average Bonchev–Trinajstić information content (AvgIpc) is 2.67. The molecule has 4 aliphatic rings. The first kappa shape index (κ1) is 4.88. The van der Waals surface area contributed by atoms with E-state index in [-0.39, 0.29) is 29.0 Å². The Morgan fingerprint density at radius 1 is 1.60 bits per heavy atom. The monoisotopic (exact) mass is 138 g/mol. The van der Waals surface area contributed by atoms with Gasteiger partial charge in [0, 0.05) is 11.8 Å². The number of esters is 1. The maximum Gasteiger partial charge on any atom is 0.313 e. The third-order valence-electron chi connectivity index (χ3n) is 3.23. The quantitative estimate of drug-likeness (QED) is 0.463. The molecule has 0 spiro atoms. The molecule has 0 aromatic carbocycles. The fourth-order valence-corrected chi connectivity index (χ4v) is 2.51. The summed E-state index contributed by atoms with van der Waals surface area (Å²) in [6.07, 6.45) is 0. The molecule has 52 valence electrons. The molecule has 4 fully saturated rings. The maximum atomic E-state index is 10.9. The summed E-state index contributed by atoms with van der Waals surface area (Å²) < 4.78 is 4.58. The van der Waals surface area contributed by atoms with Gasteiger partial charge in [0.2, 0.25) is 0 Å². The number of hydrogen-bond donors (Lipinski definition) is 0. The van der Waals surface area contributed by atoms with E-state index in [1.54, 1.807) is 0 Å². The van der Waals surface area contributed by atoms with Crippen LogP contribution in [0.4, 0.5) is 0 Å². The third-order valence-corrected chi connectivity index (χ3v) is 3.23. The molecular weight excluding hydrogens is 132 g/mol. The molecule has 0 heterocycles. The van der Waals surface area contributed by atoms with Crippen LogP contribution < -0.4 is 0 Å². The number of methoxy groups -OCH3 is 1. The van der Waals surface area contributed by atoms with E-state index in [9.17, 15) is 9.59 Å². The molecule has 0 radical (unpaired) electrons. The molecule has 0 amide bonds. The summed E-state index contributed by atoms with van der Waals surface area (Å²) in [5.74, 6) is 0.713. The van der Waals surface area contributed by atoms with Crippen LogP contribution in [0, 0.1) is 23.2 Å². The number of Topliss-reactive ketones (excluding diaryl/α,β-unsaturated/α-hetero) is 1. The van der Waals surface area contributed by atoms with E-state index in [0.717, 1.165) is 0 Å². The van der Waals surface area contributed by atoms with E-state index < -0.39 is 0 Å². The molecule has 0 N–H and O–H groups in total. The van der Waals surface area contributed by atoms with Crippen LogP contribution in [0.15, 0.2) is 0 Å². The molecule has 3 heteroatoms. The second kappa shape index (κ2) is 0.929. The lowest BCUT2D eigenvalue weighted by atomic mass is 9.75. The smallest absolute Gasteiger partial charge is 0.313 e. The Hall–Kier alpha value is -0.860. The van der Waals surface area contributed by atoms with E-state index in [1.807, 2.05) is 0 Å². The minimum atomic E-state index is -0.258. The number of carbonyl (C=O) groups excluding carboxylic acids is 2. The van der Waals surface area contributed by atoms with Crippen molar-refractivity contribution < 1.29 is 14.3 Å². The second-order valence-electron chi connectivity index (χ2n) is 3.31. The highest BCUT2D eigenvalue weighted by Gasteiger charge is 3.05. The van der Waals surface area contributed by atoms with Crippen molar-refractivity contribution in [2.75, 3.05) is 7.11 Å². The minimum Gasteiger partial charge on any atom is -0.469 e. The van der Waals surface area contributed by atoms with Gasteiger partial charge in [0.25, 0.3) is 0 Å². The third kappa shape index (κ3) is 0.195. The highest BCUT2D eigenvalue weighted by atomic mass is 16.5. The van der Waals surface area contributed by atoms with Crippen molar-refractivity contribution in [3.63, 3.8) is 0 Å². The van der Waals surface area contributed by atoms with Crippen LogP contribution >= 0.6 is 0 Å². The van der Waals surface area contributed by atoms with Crippen molar-refractivity contribution in [3.8, 4) is 0 Å². The van der Waals surface area contributed by atoms with Crippen LogP contribution in [0.25, 0.3) is 0 Å². The Morgan fingerprint density at radius 3 is 2.50 bits per heavy atom. The fourth-order valence-electron chi connectivity index (χ4n) is 2.51. The summed E-state index contributed by atoms with van der Waals surface area (Å²) in [6, 6.07) is 0. The summed E-state index contributed by atoms with van der Waals surface area (Å²) in [4.78, 5) is 21.7. The van der Waals surface area contributed by atoms with Gasteiger partial charge in [-0.2, -0.15) is 0 Å². The van der Waals surface area contributed by atoms with Gasteiger partial charge in [-0.15, -0.1) is 0 Å².